The molecule has 1 N–H and O–H groups in total. The highest BCUT2D eigenvalue weighted by Crippen LogP contribution is 2.28. The van der Waals surface area contributed by atoms with E-state index in [2.05, 4.69) is 23.2 Å². The summed E-state index contributed by atoms with van der Waals surface area (Å²) in [7, 11) is 0. The average molecular weight is 352 g/mol. The van der Waals surface area contributed by atoms with Crippen molar-refractivity contribution in [2.75, 3.05) is 23.3 Å². The van der Waals surface area contributed by atoms with Gasteiger partial charge in [-0.2, -0.15) is 0 Å². The summed E-state index contributed by atoms with van der Waals surface area (Å²) in [4.78, 5) is 15.0. The van der Waals surface area contributed by atoms with Gasteiger partial charge in [0.15, 0.2) is 0 Å². The molecule has 1 amide bonds. The number of hydrogen-bond acceptors (Lipinski definition) is 3. The Hall–Kier alpha value is -2.49. The van der Waals surface area contributed by atoms with Gasteiger partial charge in [0.2, 0.25) is 0 Å². The Morgan fingerprint density at radius 2 is 1.77 bits per heavy atom. The van der Waals surface area contributed by atoms with Crippen LogP contribution in [0.25, 0.3) is 0 Å². The number of para-hydroxylation sites is 2. The zero-order valence-electron chi connectivity index (χ0n) is 15.7. The van der Waals surface area contributed by atoms with Crippen molar-refractivity contribution in [2.45, 2.75) is 45.6 Å². The molecule has 0 spiro atoms. The van der Waals surface area contributed by atoms with Crippen LogP contribution < -0.4 is 15.0 Å². The number of carbonyl (C=O) groups excluding carboxylic acids is 1. The average Bonchev–Trinajstić information content (AvgIpc) is 2.69. The topological polar surface area (TPSA) is 41.6 Å². The number of carbonyl (C=O) groups is 1. The summed E-state index contributed by atoms with van der Waals surface area (Å²) in [5.41, 5.74) is 2.62. The first-order valence-electron chi connectivity index (χ1n) is 9.59. The zero-order chi connectivity index (χ0) is 18.4. The maximum absolute atomic E-state index is 12.7. The molecule has 4 heteroatoms. The molecule has 0 aliphatic carbocycles. The highest BCUT2D eigenvalue weighted by atomic mass is 16.5. The number of rotatable bonds is 6. The standard InChI is InChI=1S/C22H28N2O2/c1-3-17(2)26-19-13-11-18(12-14-19)22(25)23-20-9-5-6-10-21(20)24-15-7-4-8-16-24/h5-6,9-14,17H,3-4,7-8,15-16H2,1-2H3,(H,23,25). The van der Waals surface area contributed by atoms with E-state index in [9.17, 15) is 4.79 Å². The van der Waals surface area contributed by atoms with Gasteiger partial charge in [-0.15, -0.1) is 0 Å². The highest BCUT2D eigenvalue weighted by molar-refractivity contribution is 6.06. The van der Waals surface area contributed by atoms with Gasteiger partial charge in [0, 0.05) is 18.7 Å². The van der Waals surface area contributed by atoms with Crippen LogP contribution in [0.3, 0.4) is 0 Å². The zero-order valence-corrected chi connectivity index (χ0v) is 15.7. The predicted molar refractivity (Wildman–Crippen MR) is 107 cm³/mol. The van der Waals surface area contributed by atoms with Crippen LogP contribution in [0.2, 0.25) is 0 Å². The van der Waals surface area contributed by atoms with Crippen molar-refractivity contribution in [3.05, 3.63) is 54.1 Å². The van der Waals surface area contributed by atoms with Crippen LogP contribution >= 0.6 is 0 Å². The van der Waals surface area contributed by atoms with Crippen molar-refractivity contribution >= 4 is 17.3 Å². The van der Waals surface area contributed by atoms with E-state index >= 15 is 0 Å². The number of ether oxygens (including phenoxy) is 1. The van der Waals surface area contributed by atoms with Gasteiger partial charge in [0.1, 0.15) is 5.75 Å². The molecule has 1 atom stereocenters. The maximum atomic E-state index is 12.7. The molecule has 4 nitrogen and oxygen atoms in total. The monoisotopic (exact) mass is 352 g/mol. The summed E-state index contributed by atoms with van der Waals surface area (Å²) < 4.78 is 5.78. The molecule has 1 saturated heterocycles. The van der Waals surface area contributed by atoms with Crippen molar-refractivity contribution in [3.8, 4) is 5.75 Å². The minimum atomic E-state index is -0.0930. The minimum absolute atomic E-state index is 0.0930. The molecular weight excluding hydrogens is 324 g/mol. The molecule has 26 heavy (non-hydrogen) atoms. The quantitative estimate of drug-likeness (QED) is 0.786. The molecule has 2 aromatic carbocycles. The SMILES string of the molecule is CCC(C)Oc1ccc(C(=O)Nc2ccccc2N2CCCCC2)cc1. The van der Waals surface area contributed by atoms with E-state index in [1.165, 1.54) is 19.3 Å². The van der Waals surface area contributed by atoms with E-state index in [1.54, 1.807) is 0 Å². The van der Waals surface area contributed by atoms with E-state index in [-0.39, 0.29) is 12.0 Å². The van der Waals surface area contributed by atoms with Crippen molar-refractivity contribution in [1.82, 2.24) is 0 Å². The third kappa shape index (κ3) is 4.57. The number of anilines is 2. The highest BCUT2D eigenvalue weighted by Gasteiger charge is 2.16. The Morgan fingerprint density at radius 1 is 1.08 bits per heavy atom. The summed E-state index contributed by atoms with van der Waals surface area (Å²) in [6.45, 7) is 6.23. The Labute approximate surface area is 156 Å². The van der Waals surface area contributed by atoms with Gasteiger partial charge < -0.3 is 15.0 Å². The molecule has 1 heterocycles. The lowest BCUT2D eigenvalue weighted by atomic mass is 10.1. The van der Waals surface area contributed by atoms with Crippen molar-refractivity contribution in [1.29, 1.82) is 0 Å². The van der Waals surface area contributed by atoms with E-state index in [4.69, 9.17) is 4.74 Å². The van der Waals surface area contributed by atoms with E-state index in [0.717, 1.165) is 36.6 Å². The number of amides is 1. The molecule has 0 saturated carbocycles. The summed E-state index contributed by atoms with van der Waals surface area (Å²) in [6.07, 6.45) is 4.83. The fourth-order valence-electron chi connectivity index (χ4n) is 3.18. The summed E-state index contributed by atoms with van der Waals surface area (Å²) in [6, 6.07) is 15.4. The van der Waals surface area contributed by atoms with Crippen LogP contribution in [0, 0.1) is 0 Å². The van der Waals surface area contributed by atoms with Crippen LogP contribution in [0.15, 0.2) is 48.5 Å². The maximum Gasteiger partial charge on any atom is 0.255 e. The number of hydrogen-bond donors (Lipinski definition) is 1. The van der Waals surface area contributed by atoms with Gasteiger partial charge >= 0.3 is 0 Å². The number of nitrogens with zero attached hydrogens (tertiary/aromatic N) is 1. The molecule has 0 radical (unpaired) electrons. The van der Waals surface area contributed by atoms with Crippen LogP contribution in [0.4, 0.5) is 11.4 Å². The molecule has 0 bridgehead atoms. The molecule has 1 unspecified atom stereocenters. The fourth-order valence-corrected chi connectivity index (χ4v) is 3.18. The summed E-state index contributed by atoms with van der Waals surface area (Å²) in [5, 5.41) is 3.07. The Kier molecular flexibility index (Phi) is 6.16. The second kappa shape index (κ2) is 8.75. The molecule has 1 aliphatic heterocycles. The summed E-state index contributed by atoms with van der Waals surface area (Å²) >= 11 is 0. The first kappa shape index (κ1) is 18.3. The first-order chi connectivity index (χ1) is 12.7. The number of benzene rings is 2. The number of nitrogens with one attached hydrogen (secondary N) is 1. The van der Waals surface area contributed by atoms with Gasteiger partial charge in [0.05, 0.1) is 17.5 Å². The molecule has 0 aromatic heterocycles. The molecule has 2 aromatic rings. The predicted octanol–water partition coefficient (Wildman–Crippen LogP) is 5.11. The van der Waals surface area contributed by atoms with Gasteiger partial charge in [0.25, 0.3) is 5.91 Å². The van der Waals surface area contributed by atoms with Gasteiger partial charge in [-0.3, -0.25) is 4.79 Å². The second-order valence-electron chi connectivity index (χ2n) is 6.88. The van der Waals surface area contributed by atoms with Gasteiger partial charge in [-0.1, -0.05) is 19.1 Å². The smallest absolute Gasteiger partial charge is 0.255 e. The molecule has 138 valence electrons. The second-order valence-corrected chi connectivity index (χ2v) is 6.88. The van der Waals surface area contributed by atoms with Crippen molar-refractivity contribution < 1.29 is 9.53 Å². The molecule has 1 aliphatic rings. The van der Waals surface area contributed by atoms with E-state index in [1.807, 2.05) is 49.4 Å². The van der Waals surface area contributed by atoms with E-state index < -0.39 is 0 Å². The van der Waals surface area contributed by atoms with E-state index in [0.29, 0.717) is 5.56 Å². The molecule has 3 rings (SSSR count). The van der Waals surface area contributed by atoms with Crippen LogP contribution in [-0.2, 0) is 0 Å². The van der Waals surface area contributed by atoms with Gasteiger partial charge in [-0.25, -0.2) is 0 Å². The number of piperidine rings is 1. The van der Waals surface area contributed by atoms with Crippen molar-refractivity contribution in [3.63, 3.8) is 0 Å². The lowest BCUT2D eigenvalue weighted by molar-refractivity contribution is 0.102. The Morgan fingerprint density at radius 3 is 2.46 bits per heavy atom. The lowest BCUT2D eigenvalue weighted by Crippen LogP contribution is -2.30. The molecule has 1 fully saturated rings. The third-order valence-electron chi connectivity index (χ3n) is 4.88. The summed E-state index contributed by atoms with van der Waals surface area (Å²) in [5.74, 6) is 0.703. The Bertz CT molecular complexity index is 721. The van der Waals surface area contributed by atoms with Crippen molar-refractivity contribution in [2.24, 2.45) is 0 Å². The lowest BCUT2D eigenvalue weighted by Gasteiger charge is -2.30. The minimum Gasteiger partial charge on any atom is -0.491 e. The van der Waals surface area contributed by atoms with Crippen LogP contribution in [-0.4, -0.2) is 25.1 Å². The Balaban J connectivity index is 1.70. The van der Waals surface area contributed by atoms with Crippen LogP contribution in [0.1, 0.15) is 49.9 Å². The fraction of sp³-hybridized carbons (Fsp3) is 0.409. The van der Waals surface area contributed by atoms with Gasteiger partial charge in [-0.05, 0) is 69.0 Å². The van der Waals surface area contributed by atoms with Crippen LogP contribution in [0.5, 0.6) is 5.75 Å². The molecular formula is C22H28N2O2. The normalized spacial score (nSPS) is 15.4. The third-order valence-corrected chi connectivity index (χ3v) is 4.88. The largest absolute Gasteiger partial charge is 0.491 e. The first-order valence-corrected chi connectivity index (χ1v) is 9.59.